The van der Waals surface area contributed by atoms with E-state index in [1.54, 1.807) is 0 Å². The van der Waals surface area contributed by atoms with E-state index in [4.69, 9.17) is 9.94 Å². The first-order chi connectivity index (χ1) is 17.4. The van der Waals surface area contributed by atoms with Crippen LogP contribution in [0.2, 0.25) is 0 Å². The molecule has 1 aliphatic rings. The number of unbranched alkanes of at least 4 members (excludes halogenated alkanes) is 2. The van der Waals surface area contributed by atoms with Crippen LogP contribution < -0.4 is 0 Å². The minimum absolute atomic E-state index is 0.0361. The van der Waals surface area contributed by atoms with Gasteiger partial charge in [-0.3, -0.25) is 4.79 Å². The van der Waals surface area contributed by atoms with Crippen LogP contribution >= 0.6 is 0 Å². The van der Waals surface area contributed by atoms with E-state index in [-0.39, 0.29) is 31.0 Å². The molecule has 0 spiro atoms. The minimum Gasteiger partial charge on any atom is -0.466 e. The summed E-state index contributed by atoms with van der Waals surface area (Å²) in [5.41, 5.74) is 1.20. The number of aryl methyl sites for hydroxylation is 1. The number of allylic oxidation sites excluding steroid dienone is 2. The standard InChI is InChI=1S/C27H42NO8/c29-22(15-14-21-10-4-3-5-11-21)16-17-24-23(25(30)20-26(24)31)12-6-1-2-7-13-27(32)35-18-8-9-19-36-28(33)34/h1,3-6,10-11,22-26,29-31H,2,7-9,12-20H2,(H,33,34)/q+1/b6-1-. The van der Waals surface area contributed by atoms with Crippen LogP contribution in [0.15, 0.2) is 42.5 Å². The molecule has 1 aromatic carbocycles. The fraction of sp³-hybridized carbons (Fsp3) is 0.667. The van der Waals surface area contributed by atoms with Gasteiger partial charge in [0.2, 0.25) is 0 Å². The third kappa shape index (κ3) is 12.0. The van der Waals surface area contributed by atoms with E-state index in [0.717, 1.165) is 6.42 Å². The summed E-state index contributed by atoms with van der Waals surface area (Å²) in [6.45, 7) is 0.303. The Labute approximate surface area is 213 Å². The predicted molar refractivity (Wildman–Crippen MR) is 133 cm³/mol. The number of nitrogens with zero attached hydrogens (tertiary/aromatic N) is 1. The molecule has 202 valence electrons. The molecule has 0 amide bonds. The number of aliphatic hydroxyl groups is 3. The molecule has 36 heavy (non-hydrogen) atoms. The molecular weight excluding hydrogens is 466 g/mol. The van der Waals surface area contributed by atoms with E-state index in [9.17, 15) is 25.0 Å². The van der Waals surface area contributed by atoms with Crippen molar-refractivity contribution in [2.75, 3.05) is 13.2 Å². The third-order valence-electron chi connectivity index (χ3n) is 6.79. The van der Waals surface area contributed by atoms with Crippen LogP contribution in [0.3, 0.4) is 0 Å². The summed E-state index contributed by atoms with van der Waals surface area (Å²) in [7, 11) is 0. The molecule has 9 heteroatoms. The molecule has 5 atom stereocenters. The van der Waals surface area contributed by atoms with E-state index in [1.807, 2.05) is 30.4 Å². The molecule has 1 aromatic rings. The number of esters is 1. The normalized spacial score (nSPS) is 22.5. The largest absolute Gasteiger partial charge is 0.475 e. The van der Waals surface area contributed by atoms with Crippen LogP contribution in [0.4, 0.5) is 0 Å². The van der Waals surface area contributed by atoms with E-state index in [1.165, 1.54) is 5.56 Å². The maximum Gasteiger partial charge on any atom is 0.475 e. The van der Waals surface area contributed by atoms with Crippen molar-refractivity contribution in [2.24, 2.45) is 11.8 Å². The van der Waals surface area contributed by atoms with Gasteiger partial charge in [0.05, 0.1) is 24.9 Å². The molecule has 5 unspecified atom stereocenters. The Morgan fingerprint density at radius 1 is 1.03 bits per heavy atom. The molecule has 1 fully saturated rings. The molecular formula is C27H42NO8+. The van der Waals surface area contributed by atoms with E-state index >= 15 is 0 Å². The van der Waals surface area contributed by atoms with Crippen LogP contribution in [-0.4, -0.2) is 63.1 Å². The lowest BCUT2D eigenvalue weighted by molar-refractivity contribution is -0.975. The van der Waals surface area contributed by atoms with Gasteiger partial charge in [0.25, 0.3) is 0 Å². The Morgan fingerprint density at radius 2 is 1.75 bits per heavy atom. The number of rotatable bonds is 18. The fourth-order valence-electron chi connectivity index (χ4n) is 4.75. The zero-order valence-electron chi connectivity index (χ0n) is 21.0. The van der Waals surface area contributed by atoms with Crippen molar-refractivity contribution in [1.29, 1.82) is 0 Å². The summed E-state index contributed by atoms with van der Waals surface area (Å²) < 4.78 is 5.11. The molecule has 9 nitrogen and oxygen atoms in total. The van der Waals surface area contributed by atoms with Gasteiger partial charge in [-0.1, -0.05) is 42.5 Å². The first-order valence-corrected chi connectivity index (χ1v) is 13.0. The van der Waals surface area contributed by atoms with Crippen LogP contribution in [0, 0.1) is 16.7 Å². The summed E-state index contributed by atoms with van der Waals surface area (Å²) in [6.07, 6.45) is 9.00. The number of hydrogen-bond donors (Lipinski definition) is 4. The van der Waals surface area contributed by atoms with E-state index in [2.05, 4.69) is 17.0 Å². The monoisotopic (exact) mass is 508 g/mol. The average molecular weight is 509 g/mol. The molecule has 0 bridgehead atoms. The van der Waals surface area contributed by atoms with Gasteiger partial charge in [-0.2, -0.15) is 4.84 Å². The zero-order chi connectivity index (χ0) is 26.2. The Balaban J connectivity index is 1.60. The predicted octanol–water partition coefficient (Wildman–Crippen LogP) is 3.66. The van der Waals surface area contributed by atoms with Gasteiger partial charge < -0.3 is 20.1 Å². The molecule has 0 radical (unpaired) electrons. The Bertz CT molecular complexity index is 787. The number of benzene rings is 1. The fourth-order valence-corrected chi connectivity index (χ4v) is 4.75. The summed E-state index contributed by atoms with van der Waals surface area (Å²) >= 11 is 0. The third-order valence-corrected chi connectivity index (χ3v) is 6.79. The number of hydrogen-bond acceptors (Lipinski definition) is 7. The van der Waals surface area contributed by atoms with Crippen molar-refractivity contribution in [3.63, 3.8) is 0 Å². The molecule has 1 saturated carbocycles. The highest BCUT2D eigenvalue weighted by Crippen LogP contribution is 2.38. The van der Waals surface area contributed by atoms with Gasteiger partial charge in [0, 0.05) is 6.42 Å². The van der Waals surface area contributed by atoms with Crippen LogP contribution in [0.25, 0.3) is 0 Å². The summed E-state index contributed by atoms with van der Waals surface area (Å²) in [6, 6.07) is 10.1. The first-order valence-electron chi connectivity index (χ1n) is 13.0. The second kappa shape index (κ2) is 17.1. The molecule has 1 aliphatic carbocycles. The summed E-state index contributed by atoms with van der Waals surface area (Å²) in [5, 5.41) is 39.0. The van der Waals surface area contributed by atoms with Crippen molar-refractivity contribution in [1.82, 2.24) is 0 Å². The van der Waals surface area contributed by atoms with Crippen molar-refractivity contribution < 1.29 is 40.0 Å². The summed E-state index contributed by atoms with van der Waals surface area (Å²) in [5.74, 6) is -0.353. The Morgan fingerprint density at radius 3 is 2.50 bits per heavy atom. The van der Waals surface area contributed by atoms with E-state index < -0.39 is 23.4 Å². The average Bonchev–Trinajstić information content (AvgIpc) is 3.12. The quantitative estimate of drug-likeness (QED) is 0.102. The van der Waals surface area contributed by atoms with Crippen molar-refractivity contribution >= 4 is 5.97 Å². The Hall–Kier alpha value is -2.49. The van der Waals surface area contributed by atoms with E-state index in [0.29, 0.717) is 64.2 Å². The van der Waals surface area contributed by atoms with Crippen LogP contribution in [-0.2, 0) is 20.8 Å². The van der Waals surface area contributed by atoms with Crippen molar-refractivity contribution in [3.8, 4) is 0 Å². The molecule has 4 N–H and O–H groups in total. The first kappa shape index (κ1) is 29.7. The molecule has 0 heterocycles. The Kier molecular flexibility index (Phi) is 14.1. The number of ether oxygens (including phenoxy) is 1. The minimum atomic E-state index is -0.589. The van der Waals surface area contributed by atoms with Crippen molar-refractivity contribution in [3.05, 3.63) is 53.0 Å². The maximum absolute atomic E-state index is 11.7. The second-order valence-corrected chi connectivity index (χ2v) is 9.55. The lowest BCUT2D eigenvalue weighted by Crippen LogP contribution is -2.23. The van der Waals surface area contributed by atoms with Crippen LogP contribution in [0.5, 0.6) is 0 Å². The number of carbonyl (C=O) groups is 1. The molecule has 0 aliphatic heterocycles. The van der Waals surface area contributed by atoms with Gasteiger partial charge in [-0.05, 0) is 81.6 Å². The zero-order valence-corrected chi connectivity index (χ0v) is 21.0. The van der Waals surface area contributed by atoms with Crippen LogP contribution in [0.1, 0.15) is 69.8 Å². The highest BCUT2D eigenvalue weighted by molar-refractivity contribution is 5.69. The molecule has 0 saturated heterocycles. The molecule has 0 aromatic heterocycles. The van der Waals surface area contributed by atoms with Gasteiger partial charge in [-0.25, -0.2) is 5.21 Å². The summed E-state index contributed by atoms with van der Waals surface area (Å²) in [4.78, 5) is 26.2. The lowest BCUT2D eigenvalue weighted by Gasteiger charge is -2.23. The highest BCUT2D eigenvalue weighted by atomic mass is 16.9. The van der Waals surface area contributed by atoms with Gasteiger partial charge in [0.15, 0.2) is 6.61 Å². The SMILES string of the molecule is O=C(CCC/C=C\CC1C(O)CC(O)C1CCC(O)CCc1ccccc1)OCCCCO[N+](=O)O. The van der Waals surface area contributed by atoms with Gasteiger partial charge in [-0.15, -0.1) is 0 Å². The highest BCUT2D eigenvalue weighted by Gasteiger charge is 2.40. The number of aliphatic hydroxyl groups excluding tert-OH is 3. The van der Waals surface area contributed by atoms with Crippen molar-refractivity contribution in [2.45, 2.75) is 88.9 Å². The lowest BCUT2D eigenvalue weighted by atomic mass is 9.85. The maximum atomic E-state index is 11.7. The van der Waals surface area contributed by atoms with Gasteiger partial charge >= 0.3 is 11.1 Å². The topological polar surface area (TPSA) is 137 Å². The number of carbonyl (C=O) groups excluding carboxylic acids is 1. The smallest absolute Gasteiger partial charge is 0.466 e. The molecule has 2 rings (SSSR count). The second-order valence-electron chi connectivity index (χ2n) is 9.55. The van der Waals surface area contributed by atoms with Gasteiger partial charge in [0.1, 0.15) is 4.91 Å².